The van der Waals surface area contributed by atoms with Crippen LogP contribution >= 0.6 is 8.22 Å². The van der Waals surface area contributed by atoms with Gasteiger partial charge in [0, 0.05) is 45.6 Å². The van der Waals surface area contributed by atoms with Crippen LogP contribution in [0.4, 0.5) is 0 Å². The number of nitrogens with one attached hydrogen (secondary N) is 2. The summed E-state index contributed by atoms with van der Waals surface area (Å²) in [6, 6.07) is 0. The maximum absolute atomic E-state index is 3.63. The summed E-state index contributed by atoms with van der Waals surface area (Å²) < 4.78 is 2.47. The van der Waals surface area contributed by atoms with E-state index in [4.69, 9.17) is 0 Å². The fourth-order valence-corrected chi connectivity index (χ4v) is 3.45. The summed E-state index contributed by atoms with van der Waals surface area (Å²) >= 11 is 0. The van der Waals surface area contributed by atoms with Crippen molar-refractivity contribution < 1.29 is 0 Å². The third kappa shape index (κ3) is 2.61. The molecule has 3 rings (SSSR count). The highest BCUT2D eigenvalue weighted by molar-refractivity contribution is 7.52. The lowest BCUT2D eigenvalue weighted by Crippen LogP contribution is -2.40. The molecule has 3 aliphatic heterocycles. The molecule has 0 radical (unpaired) electrons. The van der Waals surface area contributed by atoms with Crippen LogP contribution in [0.25, 0.3) is 0 Å². The maximum atomic E-state index is 3.63. The number of likely N-dealkylation sites (N-methyl/N-ethyl adjacent to an activating group) is 1. The van der Waals surface area contributed by atoms with Crippen LogP contribution in [0.2, 0.25) is 0 Å². The summed E-state index contributed by atoms with van der Waals surface area (Å²) in [7, 11) is 2.12. The standard InChI is InChI=1S/C8H19N4P/c1-11-6-7-12-4-2-9-8-13(11)10-3-5-12/h9-10H,2-8H2,1H3. The second-order valence-electron chi connectivity index (χ2n) is 3.69. The molecule has 2 atom stereocenters. The van der Waals surface area contributed by atoms with E-state index in [1.165, 1.54) is 26.2 Å². The Morgan fingerprint density at radius 2 is 1.92 bits per heavy atom. The van der Waals surface area contributed by atoms with Crippen molar-refractivity contribution in [1.29, 1.82) is 0 Å². The third-order valence-corrected chi connectivity index (χ3v) is 4.88. The maximum Gasteiger partial charge on any atom is 0.0511 e. The van der Waals surface area contributed by atoms with Gasteiger partial charge in [0.2, 0.25) is 0 Å². The zero-order valence-electron chi connectivity index (χ0n) is 8.29. The molecule has 3 aliphatic rings. The third-order valence-electron chi connectivity index (χ3n) is 2.74. The average molecular weight is 202 g/mol. The summed E-state index contributed by atoms with van der Waals surface area (Å²) in [5, 5.41) is 7.14. The zero-order valence-corrected chi connectivity index (χ0v) is 9.19. The van der Waals surface area contributed by atoms with Crippen molar-refractivity contribution in [3.63, 3.8) is 0 Å². The van der Waals surface area contributed by atoms with Crippen molar-refractivity contribution >= 4 is 8.22 Å². The van der Waals surface area contributed by atoms with Gasteiger partial charge < -0.3 is 5.32 Å². The van der Waals surface area contributed by atoms with E-state index in [1.807, 2.05) is 0 Å². The molecule has 3 saturated heterocycles. The fraction of sp³-hybridized carbons (Fsp3) is 1.00. The van der Waals surface area contributed by atoms with Gasteiger partial charge in [-0.1, -0.05) is 0 Å². The molecule has 2 N–H and O–H groups in total. The van der Waals surface area contributed by atoms with Gasteiger partial charge in [-0.05, 0) is 7.05 Å². The molecule has 0 aromatic heterocycles. The molecule has 2 bridgehead atoms. The van der Waals surface area contributed by atoms with Crippen molar-refractivity contribution in [3.8, 4) is 0 Å². The smallest absolute Gasteiger partial charge is 0.0511 e. The van der Waals surface area contributed by atoms with E-state index in [0.29, 0.717) is 0 Å². The highest BCUT2D eigenvalue weighted by Crippen LogP contribution is 2.33. The lowest BCUT2D eigenvalue weighted by Gasteiger charge is -2.32. The Kier molecular flexibility index (Phi) is 3.52. The predicted octanol–water partition coefficient (Wildman–Crippen LogP) is -0.304. The Bertz CT molecular complexity index is 160. The van der Waals surface area contributed by atoms with Crippen molar-refractivity contribution in [1.82, 2.24) is 20.0 Å². The second kappa shape index (κ2) is 4.67. The quantitative estimate of drug-likeness (QED) is 0.528. The van der Waals surface area contributed by atoms with E-state index in [2.05, 4.69) is 27.0 Å². The molecule has 0 spiro atoms. The monoisotopic (exact) mass is 202 g/mol. The number of hydrogen-bond acceptors (Lipinski definition) is 4. The van der Waals surface area contributed by atoms with E-state index in [-0.39, 0.29) is 8.22 Å². The van der Waals surface area contributed by atoms with Crippen LogP contribution in [-0.2, 0) is 0 Å². The first-order chi connectivity index (χ1) is 6.36. The molecule has 0 saturated carbocycles. The molecule has 0 aliphatic carbocycles. The number of fused-ring (bicyclic) bond motifs is 7. The summed E-state index contributed by atoms with van der Waals surface area (Å²) in [4.78, 5) is 2.54. The van der Waals surface area contributed by atoms with E-state index in [1.54, 1.807) is 0 Å². The predicted molar refractivity (Wildman–Crippen MR) is 56.9 cm³/mol. The summed E-state index contributed by atoms with van der Waals surface area (Å²) in [6.45, 7) is 7.16. The second-order valence-corrected chi connectivity index (χ2v) is 5.80. The largest absolute Gasteiger partial charge is 0.309 e. The highest BCUT2D eigenvalue weighted by atomic mass is 31.1. The molecule has 76 valence electrons. The summed E-state index contributed by atoms with van der Waals surface area (Å²) in [6.07, 6.45) is 1.14. The van der Waals surface area contributed by atoms with Crippen molar-refractivity contribution in [2.75, 3.05) is 52.6 Å². The number of nitrogens with zero attached hydrogens (tertiary/aromatic N) is 2. The van der Waals surface area contributed by atoms with Gasteiger partial charge in [0.15, 0.2) is 0 Å². The van der Waals surface area contributed by atoms with Gasteiger partial charge >= 0.3 is 0 Å². The van der Waals surface area contributed by atoms with Gasteiger partial charge in [0.1, 0.15) is 0 Å². The molecule has 0 amide bonds. The van der Waals surface area contributed by atoms with E-state index in [0.717, 1.165) is 19.4 Å². The average Bonchev–Trinajstić information content (AvgIpc) is 2.27. The lowest BCUT2D eigenvalue weighted by molar-refractivity contribution is 0.262. The van der Waals surface area contributed by atoms with Crippen LogP contribution in [0.5, 0.6) is 0 Å². The minimum Gasteiger partial charge on any atom is -0.309 e. The van der Waals surface area contributed by atoms with Crippen LogP contribution in [-0.4, -0.2) is 62.2 Å². The van der Waals surface area contributed by atoms with Gasteiger partial charge in [0.25, 0.3) is 0 Å². The molecular formula is C8H19N4P. The van der Waals surface area contributed by atoms with Crippen LogP contribution in [0.1, 0.15) is 0 Å². The van der Waals surface area contributed by atoms with E-state index >= 15 is 0 Å². The molecular weight excluding hydrogens is 183 g/mol. The fourth-order valence-electron chi connectivity index (χ4n) is 1.80. The number of rotatable bonds is 0. The van der Waals surface area contributed by atoms with E-state index in [9.17, 15) is 0 Å². The minimum absolute atomic E-state index is 0.110. The molecule has 13 heavy (non-hydrogen) atoms. The minimum atomic E-state index is -0.110. The van der Waals surface area contributed by atoms with Crippen LogP contribution in [0, 0.1) is 0 Å². The Morgan fingerprint density at radius 1 is 1.08 bits per heavy atom. The van der Waals surface area contributed by atoms with Gasteiger partial charge in [-0.2, -0.15) is 0 Å². The van der Waals surface area contributed by atoms with E-state index < -0.39 is 0 Å². The zero-order chi connectivity index (χ0) is 9.10. The Balaban J connectivity index is 2.03. The van der Waals surface area contributed by atoms with Crippen molar-refractivity contribution in [2.45, 2.75) is 0 Å². The number of hydrogen-bond donors (Lipinski definition) is 2. The van der Waals surface area contributed by atoms with Gasteiger partial charge in [-0.25, -0.2) is 0 Å². The first-order valence-corrected chi connectivity index (χ1v) is 6.49. The highest BCUT2D eigenvalue weighted by Gasteiger charge is 2.20. The van der Waals surface area contributed by atoms with Crippen molar-refractivity contribution in [3.05, 3.63) is 0 Å². The lowest BCUT2D eigenvalue weighted by atomic mass is 10.4. The molecule has 5 heteroatoms. The molecule has 0 aromatic rings. The SMILES string of the molecule is CN1CC[N@@]2CCNCP1NCC2. The molecule has 3 heterocycles. The molecule has 0 aromatic carbocycles. The summed E-state index contributed by atoms with van der Waals surface area (Å²) in [5.74, 6) is 0. The Morgan fingerprint density at radius 3 is 2.85 bits per heavy atom. The normalized spacial score (nSPS) is 37.6. The van der Waals surface area contributed by atoms with Crippen LogP contribution in [0.15, 0.2) is 0 Å². The Labute approximate surface area is 81.5 Å². The topological polar surface area (TPSA) is 30.5 Å². The van der Waals surface area contributed by atoms with Gasteiger partial charge in [-0.15, -0.1) is 0 Å². The van der Waals surface area contributed by atoms with Crippen LogP contribution in [0.3, 0.4) is 0 Å². The van der Waals surface area contributed by atoms with Crippen LogP contribution < -0.4 is 10.4 Å². The van der Waals surface area contributed by atoms with Gasteiger partial charge in [0.05, 0.1) is 8.22 Å². The first-order valence-electron chi connectivity index (χ1n) is 5.01. The molecule has 3 fully saturated rings. The Hall–Kier alpha value is 0.270. The molecule has 1 unspecified atom stereocenters. The van der Waals surface area contributed by atoms with Gasteiger partial charge in [-0.3, -0.25) is 14.7 Å². The van der Waals surface area contributed by atoms with Crippen molar-refractivity contribution in [2.24, 2.45) is 0 Å². The first kappa shape index (κ1) is 9.81. The molecule has 4 nitrogen and oxygen atoms in total. The summed E-state index contributed by atoms with van der Waals surface area (Å²) in [5.41, 5.74) is 0.